The van der Waals surface area contributed by atoms with Crippen LogP contribution in [0, 0.1) is 3.95 Å². The highest BCUT2D eigenvalue weighted by Crippen LogP contribution is 2.34. The maximum Gasteiger partial charge on any atom is 0.303 e. The van der Waals surface area contributed by atoms with Crippen LogP contribution in [0.5, 0.6) is 11.6 Å². The maximum atomic E-state index is 10.6. The first-order valence-electron chi connectivity index (χ1n) is 9.06. The molecule has 0 amide bonds. The summed E-state index contributed by atoms with van der Waals surface area (Å²) in [4.78, 5) is 11.3. The number of hydrogen-bond acceptors (Lipinski definition) is 6. The van der Waals surface area contributed by atoms with Gasteiger partial charge in [-0.3, -0.25) is 9.36 Å². The van der Waals surface area contributed by atoms with E-state index in [-0.39, 0.29) is 18.1 Å². The van der Waals surface area contributed by atoms with E-state index in [9.17, 15) is 15.0 Å². The Balaban J connectivity index is 1.68. The van der Waals surface area contributed by atoms with Crippen molar-refractivity contribution in [1.29, 1.82) is 0 Å². The number of carbonyl (C=O) groups is 1. The van der Waals surface area contributed by atoms with Crippen LogP contribution in [0.4, 0.5) is 0 Å². The molecule has 29 heavy (non-hydrogen) atoms. The third-order valence-corrected chi connectivity index (χ3v) is 6.19. The van der Waals surface area contributed by atoms with E-state index in [0.29, 0.717) is 50.3 Å². The zero-order chi connectivity index (χ0) is 21.0. The van der Waals surface area contributed by atoms with Gasteiger partial charge in [-0.15, -0.1) is 11.3 Å². The summed E-state index contributed by atoms with van der Waals surface area (Å²) in [7, 11) is 0. The van der Waals surface area contributed by atoms with E-state index >= 15 is 0 Å². The zero-order valence-electron chi connectivity index (χ0n) is 15.4. The summed E-state index contributed by atoms with van der Waals surface area (Å²) in [5.74, 6) is 0.582. The normalized spacial score (nSPS) is 11.1. The van der Waals surface area contributed by atoms with Crippen molar-refractivity contribution in [1.82, 2.24) is 4.57 Å². The monoisotopic (exact) mass is 453 g/mol. The fraction of sp³-hybridized carbons (Fsp3) is 0.300. The molecule has 0 bridgehead atoms. The van der Waals surface area contributed by atoms with Crippen molar-refractivity contribution in [2.24, 2.45) is 0 Å². The molecule has 6 nitrogen and oxygen atoms in total. The highest BCUT2D eigenvalue weighted by molar-refractivity contribution is 7.73. The number of thiazole rings is 1. The van der Waals surface area contributed by atoms with E-state index in [0.717, 1.165) is 12.8 Å². The van der Waals surface area contributed by atoms with Gasteiger partial charge in [0.25, 0.3) is 0 Å². The predicted octanol–water partition coefficient (Wildman–Crippen LogP) is 5.84. The Hall–Kier alpha value is -2.29. The van der Waals surface area contributed by atoms with Gasteiger partial charge in [-0.1, -0.05) is 18.0 Å². The number of aromatic nitrogens is 1. The molecule has 0 saturated heterocycles. The van der Waals surface area contributed by atoms with E-state index in [4.69, 9.17) is 33.3 Å². The molecule has 0 fully saturated rings. The van der Waals surface area contributed by atoms with Crippen LogP contribution in [-0.2, 0) is 17.8 Å². The van der Waals surface area contributed by atoms with Gasteiger partial charge in [0, 0.05) is 24.9 Å². The Morgan fingerprint density at radius 1 is 1.17 bits per heavy atom. The molecule has 0 atom stereocenters. The number of carboxylic acid groups (broad SMARTS) is 1. The second kappa shape index (κ2) is 9.47. The summed E-state index contributed by atoms with van der Waals surface area (Å²) in [5, 5.41) is 29.3. The number of hydrogen-bond donors (Lipinski definition) is 3. The number of halogens is 1. The zero-order valence-corrected chi connectivity index (χ0v) is 17.8. The summed E-state index contributed by atoms with van der Waals surface area (Å²) in [6.45, 7) is 0.545. The average Bonchev–Trinajstić information content (AvgIpc) is 3.23. The molecule has 1 aromatic carbocycles. The van der Waals surface area contributed by atoms with Gasteiger partial charge >= 0.3 is 5.97 Å². The second-order valence-corrected chi connectivity index (χ2v) is 8.71. The van der Waals surface area contributed by atoms with Gasteiger partial charge in [-0.05, 0) is 55.4 Å². The van der Waals surface area contributed by atoms with E-state index < -0.39 is 5.97 Å². The largest absolute Gasteiger partial charge is 0.508 e. The van der Waals surface area contributed by atoms with Crippen molar-refractivity contribution in [2.45, 2.75) is 38.6 Å². The molecule has 3 N–H and O–H groups in total. The van der Waals surface area contributed by atoms with Crippen molar-refractivity contribution in [3.63, 3.8) is 0 Å². The SMILES string of the molecule is O=C(O)CCCCCn1c(O)c(Cc2ccc(-c3cc(O)ccc3Cl)o2)sc1=S. The average molecular weight is 454 g/mol. The van der Waals surface area contributed by atoms with Crippen LogP contribution >= 0.6 is 35.2 Å². The molecule has 2 heterocycles. The minimum Gasteiger partial charge on any atom is -0.508 e. The molecule has 0 spiro atoms. The number of unbranched alkanes of at least 4 members (excludes halogenated alkanes) is 2. The number of phenolic OH excluding ortho intramolecular Hbond substituents is 1. The number of rotatable bonds is 9. The molecular weight excluding hydrogens is 434 g/mol. The highest BCUT2D eigenvalue weighted by atomic mass is 35.5. The van der Waals surface area contributed by atoms with Crippen LogP contribution in [0.15, 0.2) is 34.7 Å². The lowest BCUT2D eigenvalue weighted by Gasteiger charge is -2.05. The molecule has 0 aliphatic rings. The summed E-state index contributed by atoms with van der Waals surface area (Å²) in [5.41, 5.74) is 0.591. The van der Waals surface area contributed by atoms with E-state index in [2.05, 4.69) is 0 Å². The first-order valence-corrected chi connectivity index (χ1v) is 10.7. The summed E-state index contributed by atoms with van der Waals surface area (Å²) < 4.78 is 8.09. The van der Waals surface area contributed by atoms with E-state index in [1.165, 1.54) is 23.5 Å². The fourth-order valence-corrected chi connectivity index (χ4v) is 4.56. The number of aliphatic carboxylic acids is 1. The van der Waals surface area contributed by atoms with Crippen molar-refractivity contribution in [2.75, 3.05) is 0 Å². The molecule has 9 heteroatoms. The minimum atomic E-state index is -0.799. The van der Waals surface area contributed by atoms with Crippen molar-refractivity contribution in [3.05, 3.63) is 49.9 Å². The first kappa shape index (κ1) is 21.4. The van der Waals surface area contributed by atoms with Crippen LogP contribution < -0.4 is 0 Å². The number of furan rings is 1. The van der Waals surface area contributed by atoms with Gasteiger partial charge < -0.3 is 19.7 Å². The number of phenols is 1. The molecule has 0 aliphatic carbocycles. The first-order chi connectivity index (χ1) is 13.8. The predicted molar refractivity (Wildman–Crippen MR) is 115 cm³/mol. The van der Waals surface area contributed by atoms with Crippen LogP contribution in [0.1, 0.15) is 36.3 Å². The second-order valence-electron chi connectivity index (χ2n) is 6.58. The summed E-state index contributed by atoms with van der Waals surface area (Å²) in [6.07, 6.45) is 2.63. The molecule has 0 aliphatic heterocycles. The van der Waals surface area contributed by atoms with Gasteiger partial charge in [0.05, 0.1) is 9.90 Å². The Bertz CT molecular complexity index is 1070. The molecule has 3 aromatic rings. The summed E-state index contributed by atoms with van der Waals surface area (Å²) in [6, 6.07) is 8.21. The smallest absolute Gasteiger partial charge is 0.303 e. The highest BCUT2D eigenvalue weighted by Gasteiger charge is 2.15. The van der Waals surface area contributed by atoms with Crippen molar-refractivity contribution < 1.29 is 24.5 Å². The number of benzene rings is 1. The molecule has 154 valence electrons. The fourth-order valence-electron chi connectivity index (χ4n) is 2.96. The number of carboxylic acids is 1. The van der Waals surface area contributed by atoms with Gasteiger partial charge in [-0.25, -0.2) is 0 Å². The Labute approximate surface area is 181 Å². The Morgan fingerprint density at radius 2 is 1.97 bits per heavy atom. The lowest BCUT2D eigenvalue weighted by atomic mass is 10.1. The van der Waals surface area contributed by atoms with Crippen LogP contribution in [0.2, 0.25) is 5.02 Å². The van der Waals surface area contributed by atoms with E-state index in [1.807, 2.05) is 0 Å². The third-order valence-electron chi connectivity index (χ3n) is 4.42. The minimum absolute atomic E-state index is 0.0957. The number of aromatic hydroxyl groups is 2. The molecule has 2 aromatic heterocycles. The molecule has 0 radical (unpaired) electrons. The lowest BCUT2D eigenvalue weighted by molar-refractivity contribution is -0.137. The lowest BCUT2D eigenvalue weighted by Crippen LogP contribution is -1.99. The number of nitrogens with zero attached hydrogens (tertiary/aromatic N) is 1. The van der Waals surface area contributed by atoms with Crippen LogP contribution in [0.3, 0.4) is 0 Å². The van der Waals surface area contributed by atoms with Crippen LogP contribution in [0.25, 0.3) is 11.3 Å². The topological polar surface area (TPSA) is 95.8 Å². The molecule has 0 saturated carbocycles. The Morgan fingerprint density at radius 3 is 2.72 bits per heavy atom. The Kier molecular flexibility index (Phi) is 7.00. The van der Waals surface area contributed by atoms with Crippen molar-refractivity contribution in [3.8, 4) is 23.0 Å². The third kappa shape index (κ3) is 5.41. The molecule has 0 unspecified atom stereocenters. The summed E-state index contributed by atoms with van der Waals surface area (Å²) >= 11 is 12.9. The van der Waals surface area contributed by atoms with Crippen LogP contribution in [-0.4, -0.2) is 25.9 Å². The van der Waals surface area contributed by atoms with Gasteiger partial charge in [0.2, 0.25) is 5.88 Å². The maximum absolute atomic E-state index is 10.6. The van der Waals surface area contributed by atoms with Gasteiger partial charge in [0.1, 0.15) is 17.3 Å². The van der Waals surface area contributed by atoms with Gasteiger partial charge in [0.15, 0.2) is 3.95 Å². The quantitative estimate of drug-likeness (QED) is 0.278. The van der Waals surface area contributed by atoms with E-state index in [1.54, 1.807) is 22.8 Å². The van der Waals surface area contributed by atoms with Gasteiger partial charge in [-0.2, -0.15) is 0 Å². The van der Waals surface area contributed by atoms with Crippen molar-refractivity contribution >= 4 is 41.1 Å². The molecular formula is C20H20ClNO5S2. The molecule has 3 rings (SSSR count). The standard InChI is InChI=1S/C20H20ClNO5S2/c21-15-7-5-12(23)10-14(15)16-8-6-13(27-16)11-17-19(26)22(20(28)29-17)9-3-1-2-4-18(24)25/h5-8,10,23,26H,1-4,9,11H2,(H,24,25).